The van der Waals surface area contributed by atoms with Gasteiger partial charge in [0.1, 0.15) is 5.82 Å². The number of hydrogen-bond donors (Lipinski definition) is 2. The van der Waals surface area contributed by atoms with Crippen LogP contribution in [0.3, 0.4) is 0 Å². The van der Waals surface area contributed by atoms with Gasteiger partial charge in [-0.05, 0) is 45.0 Å². The molecule has 3 rings (SSSR count). The molecule has 21 heavy (non-hydrogen) atoms. The zero-order chi connectivity index (χ0) is 14.8. The highest BCUT2D eigenvalue weighted by atomic mass is 16.1. The Kier molecular flexibility index (Phi) is 4.03. The number of nitrogens with one attached hydrogen (secondary N) is 2. The fraction of sp³-hybridized carbons (Fsp3) is 0.500. The van der Waals surface area contributed by atoms with Crippen molar-refractivity contribution in [2.45, 2.75) is 31.8 Å². The van der Waals surface area contributed by atoms with E-state index in [9.17, 15) is 4.79 Å². The molecule has 2 N–H and O–H groups in total. The van der Waals surface area contributed by atoms with Crippen molar-refractivity contribution in [3.63, 3.8) is 0 Å². The molecule has 0 bridgehead atoms. The zero-order valence-electron chi connectivity index (χ0n) is 12.6. The lowest BCUT2D eigenvalue weighted by molar-refractivity contribution is 0.349. The number of piperidine rings is 1. The van der Waals surface area contributed by atoms with Crippen molar-refractivity contribution in [1.29, 1.82) is 0 Å². The third-order valence-corrected chi connectivity index (χ3v) is 4.23. The van der Waals surface area contributed by atoms with Crippen LogP contribution in [0, 0.1) is 0 Å². The van der Waals surface area contributed by atoms with Crippen molar-refractivity contribution in [1.82, 2.24) is 20.2 Å². The Bertz CT molecular complexity index is 688. The van der Waals surface area contributed by atoms with Gasteiger partial charge in [0.05, 0.1) is 16.9 Å². The van der Waals surface area contributed by atoms with E-state index in [4.69, 9.17) is 0 Å². The zero-order valence-corrected chi connectivity index (χ0v) is 12.6. The molecule has 112 valence electrons. The van der Waals surface area contributed by atoms with Gasteiger partial charge < -0.3 is 10.6 Å². The summed E-state index contributed by atoms with van der Waals surface area (Å²) in [6.45, 7) is 4.18. The van der Waals surface area contributed by atoms with Crippen molar-refractivity contribution in [2.24, 2.45) is 7.05 Å². The molecule has 5 heteroatoms. The fourth-order valence-corrected chi connectivity index (χ4v) is 3.04. The Balaban J connectivity index is 1.92. The lowest BCUT2D eigenvalue weighted by atomic mass is 10.1. The van der Waals surface area contributed by atoms with Gasteiger partial charge in [-0.2, -0.15) is 0 Å². The minimum absolute atomic E-state index is 0.0227. The van der Waals surface area contributed by atoms with Gasteiger partial charge in [0.15, 0.2) is 0 Å². The minimum atomic E-state index is 0.0227. The second kappa shape index (κ2) is 5.95. The van der Waals surface area contributed by atoms with Crippen LogP contribution in [0.2, 0.25) is 0 Å². The molecule has 1 aliphatic heterocycles. The average Bonchev–Trinajstić information content (AvgIpc) is 2.52. The summed E-state index contributed by atoms with van der Waals surface area (Å²) in [6, 6.07) is 8.09. The Morgan fingerprint density at radius 1 is 1.33 bits per heavy atom. The first-order valence-electron chi connectivity index (χ1n) is 7.59. The predicted octanol–water partition coefficient (Wildman–Crippen LogP) is 1.34. The van der Waals surface area contributed by atoms with Gasteiger partial charge in [-0.25, -0.2) is 4.98 Å². The van der Waals surface area contributed by atoms with Crippen LogP contribution < -0.4 is 16.2 Å². The molecule has 0 saturated carbocycles. The van der Waals surface area contributed by atoms with Crippen molar-refractivity contribution >= 4 is 10.9 Å². The van der Waals surface area contributed by atoms with E-state index >= 15 is 0 Å². The van der Waals surface area contributed by atoms with E-state index in [-0.39, 0.29) is 11.6 Å². The number of benzene rings is 1. The lowest BCUT2D eigenvalue weighted by Gasteiger charge is -2.27. The topological polar surface area (TPSA) is 59.0 Å². The summed E-state index contributed by atoms with van der Waals surface area (Å²) < 4.78 is 1.67. The van der Waals surface area contributed by atoms with Crippen LogP contribution in [-0.4, -0.2) is 28.7 Å². The molecule has 0 radical (unpaired) electrons. The molecule has 1 aromatic carbocycles. The number of hydrogen-bond acceptors (Lipinski definition) is 4. The second-order valence-corrected chi connectivity index (χ2v) is 5.76. The molecule has 0 spiro atoms. The Morgan fingerprint density at radius 3 is 2.81 bits per heavy atom. The molecular weight excluding hydrogens is 264 g/mol. The van der Waals surface area contributed by atoms with Gasteiger partial charge in [0.2, 0.25) is 0 Å². The van der Waals surface area contributed by atoms with Crippen LogP contribution in [-0.2, 0) is 7.05 Å². The molecule has 0 amide bonds. The highest BCUT2D eigenvalue weighted by Crippen LogP contribution is 2.15. The lowest BCUT2D eigenvalue weighted by Crippen LogP contribution is -2.42. The molecule has 1 unspecified atom stereocenters. The summed E-state index contributed by atoms with van der Waals surface area (Å²) in [5, 5.41) is 7.65. The van der Waals surface area contributed by atoms with Gasteiger partial charge in [-0.3, -0.25) is 9.36 Å². The van der Waals surface area contributed by atoms with E-state index in [1.807, 2.05) is 24.3 Å². The number of nitrogens with zero attached hydrogens (tertiary/aromatic N) is 2. The molecule has 0 aliphatic carbocycles. The largest absolute Gasteiger partial charge is 0.317 e. The van der Waals surface area contributed by atoms with Crippen LogP contribution in [0.5, 0.6) is 0 Å². The highest BCUT2D eigenvalue weighted by Gasteiger charge is 2.19. The maximum Gasteiger partial charge on any atom is 0.261 e. The maximum atomic E-state index is 12.4. The van der Waals surface area contributed by atoms with E-state index in [0.29, 0.717) is 11.4 Å². The van der Waals surface area contributed by atoms with Gasteiger partial charge in [-0.1, -0.05) is 12.1 Å². The van der Waals surface area contributed by atoms with Gasteiger partial charge in [0, 0.05) is 13.1 Å². The summed E-state index contributed by atoms with van der Waals surface area (Å²) in [5.41, 5.74) is 0.795. The van der Waals surface area contributed by atoms with Crippen LogP contribution >= 0.6 is 0 Å². The minimum Gasteiger partial charge on any atom is -0.317 e. The molecular formula is C16H22N4O. The number of para-hydroxylation sites is 1. The smallest absolute Gasteiger partial charge is 0.261 e. The molecule has 2 aromatic rings. The van der Waals surface area contributed by atoms with Gasteiger partial charge >= 0.3 is 0 Å². The molecule has 5 nitrogen and oxygen atoms in total. The quantitative estimate of drug-likeness (QED) is 0.894. The normalized spacial score (nSPS) is 18.0. The van der Waals surface area contributed by atoms with E-state index in [1.54, 1.807) is 11.6 Å². The van der Waals surface area contributed by atoms with E-state index in [2.05, 4.69) is 22.5 Å². The Hall–Kier alpha value is -1.72. The van der Waals surface area contributed by atoms with Crippen molar-refractivity contribution in [2.75, 3.05) is 13.1 Å². The first-order chi connectivity index (χ1) is 10.2. The highest BCUT2D eigenvalue weighted by molar-refractivity contribution is 5.77. The predicted molar refractivity (Wildman–Crippen MR) is 84.4 cm³/mol. The number of rotatable bonds is 3. The van der Waals surface area contributed by atoms with E-state index in [1.165, 1.54) is 0 Å². The summed E-state index contributed by atoms with van der Waals surface area (Å²) >= 11 is 0. The second-order valence-electron chi connectivity index (χ2n) is 5.76. The SMILES string of the molecule is CC(NC1CCNCC1)c1nc2ccccc2c(=O)n1C. The molecule has 1 saturated heterocycles. The van der Waals surface area contributed by atoms with E-state index in [0.717, 1.165) is 37.3 Å². The molecule has 1 aromatic heterocycles. The van der Waals surface area contributed by atoms with Crippen LogP contribution in [0.1, 0.15) is 31.6 Å². The van der Waals surface area contributed by atoms with Crippen LogP contribution in [0.15, 0.2) is 29.1 Å². The first kappa shape index (κ1) is 14.2. The first-order valence-corrected chi connectivity index (χ1v) is 7.59. The Morgan fingerprint density at radius 2 is 2.05 bits per heavy atom. The molecule has 1 atom stereocenters. The summed E-state index contributed by atoms with van der Waals surface area (Å²) in [4.78, 5) is 17.1. The van der Waals surface area contributed by atoms with Crippen molar-refractivity contribution in [3.05, 3.63) is 40.4 Å². The van der Waals surface area contributed by atoms with Gasteiger partial charge in [0.25, 0.3) is 5.56 Å². The summed E-state index contributed by atoms with van der Waals surface area (Å²) in [5.74, 6) is 0.803. The molecule has 1 fully saturated rings. The monoisotopic (exact) mass is 286 g/mol. The third-order valence-electron chi connectivity index (χ3n) is 4.23. The van der Waals surface area contributed by atoms with Gasteiger partial charge in [-0.15, -0.1) is 0 Å². The van der Waals surface area contributed by atoms with E-state index < -0.39 is 0 Å². The Labute approximate surface area is 124 Å². The maximum absolute atomic E-state index is 12.4. The summed E-state index contributed by atoms with van der Waals surface area (Å²) in [6.07, 6.45) is 2.23. The number of aromatic nitrogens is 2. The summed E-state index contributed by atoms with van der Waals surface area (Å²) in [7, 11) is 1.80. The standard InChI is InChI=1S/C16H22N4O/c1-11(18-12-7-9-17-10-8-12)15-19-14-6-4-3-5-13(14)16(21)20(15)2/h3-6,11-12,17-18H,7-10H2,1-2H3. The van der Waals surface area contributed by atoms with Crippen LogP contribution in [0.25, 0.3) is 10.9 Å². The molecule has 2 heterocycles. The van der Waals surface area contributed by atoms with Crippen molar-refractivity contribution in [3.8, 4) is 0 Å². The molecule has 1 aliphatic rings. The van der Waals surface area contributed by atoms with Crippen LogP contribution in [0.4, 0.5) is 0 Å². The van der Waals surface area contributed by atoms with Crippen molar-refractivity contribution < 1.29 is 0 Å². The number of fused-ring (bicyclic) bond motifs is 1. The fourth-order valence-electron chi connectivity index (χ4n) is 3.04. The third kappa shape index (κ3) is 2.84. The average molecular weight is 286 g/mol.